The number of hydrogen-bond donors (Lipinski definition) is 3. The Morgan fingerprint density at radius 1 is 0.706 bits per heavy atom. The van der Waals surface area contributed by atoms with Gasteiger partial charge in [-0.05, 0) is 48.5 Å². The number of hydrogen-bond acceptors (Lipinski definition) is 5. The Morgan fingerprint density at radius 3 is 2.03 bits per heavy atom. The molecule has 0 aliphatic carbocycles. The second kappa shape index (κ2) is 10.7. The third-order valence-corrected chi connectivity index (χ3v) is 4.89. The van der Waals surface area contributed by atoms with Crippen molar-refractivity contribution in [2.75, 3.05) is 16.0 Å². The first-order valence-electron chi connectivity index (χ1n) is 10.6. The molecule has 0 aliphatic rings. The van der Waals surface area contributed by atoms with Crippen molar-refractivity contribution in [3.8, 4) is 0 Å². The van der Waals surface area contributed by atoms with E-state index < -0.39 is 0 Å². The molecule has 0 saturated heterocycles. The maximum absolute atomic E-state index is 12.8. The third-order valence-electron chi connectivity index (χ3n) is 4.89. The largest absolute Gasteiger partial charge is 0.337 e. The number of nitrogens with one attached hydrogen (secondary N) is 3. The van der Waals surface area contributed by atoms with Crippen LogP contribution in [0.3, 0.4) is 0 Å². The minimum Gasteiger partial charge on any atom is -0.337 e. The molecule has 2 aromatic heterocycles. The molecule has 9 heteroatoms. The number of aryl methyl sites for hydroxylation is 1. The van der Waals surface area contributed by atoms with Gasteiger partial charge in [0.05, 0.1) is 6.33 Å². The fourth-order valence-electron chi connectivity index (χ4n) is 3.20. The lowest BCUT2D eigenvalue weighted by molar-refractivity contribution is -0.116. The van der Waals surface area contributed by atoms with Gasteiger partial charge in [-0.2, -0.15) is 0 Å². The number of aromatic nitrogens is 3. The molecule has 170 valence electrons. The van der Waals surface area contributed by atoms with Crippen molar-refractivity contribution in [1.82, 2.24) is 14.5 Å². The lowest BCUT2D eigenvalue weighted by Crippen LogP contribution is -2.16. The Balaban J connectivity index is 1.35. The van der Waals surface area contributed by atoms with Crippen LogP contribution in [0.15, 0.2) is 91.8 Å². The minimum absolute atomic E-state index is 0.163. The zero-order chi connectivity index (χ0) is 23.8. The van der Waals surface area contributed by atoms with Crippen molar-refractivity contribution in [3.63, 3.8) is 0 Å². The zero-order valence-electron chi connectivity index (χ0n) is 18.1. The van der Waals surface area contributed by atoms with Crippen LogP contribution in [0.4, 0.5) is 17.1 Å². The van der Waals surface area contributed by atoms with Gasteiger partial charge in [0, 0.05) is 65.9 Å². The number of nitrogens with zero attached hydrogens (tertiary/aromatic N) is 3. The van der Waals surface area contributed by atoms with E-state index in [-0.39, 0.29) is 24.1 Å². The number of anilines is 3. The first-order chi connectivity index (χ1) is 16.6. The number of benzene rings is 2. The van der Waals surface area contributed by atoms with Crippen molar-refractivity contribution in [1.29, 1.82) is 0 Å². The second-order valence-corrected chi connectivity index (χ2v) is 7.40. The molecule has 0 radical (unpaired) electrons. The van der Waals surface area contributed by atoms with Crippen molar-refractivity contribution < 1.29 is 14.4 Å². The molecule has 2 heterocycles. The first kappa shape index (κ1) is 22.4. The lowest BCUT2D eigenvalue weighted by atomic mass is 10.1. The molecule has 4 rings (SSSR count). The van der Waals surface area contributed by atoms with Crippen molar-refractivity contribution in [3.05, 3.63) is 103 Å². The smallest absolute Gasteiger partial charge is 0.255 e. The van der Waals surface area contributed by atoms with Crippen molar-refractivity contribution >= 4 is 34.8 Å². The van der Waals surface area contributed by atoms with Crippen LogP contribution in [0, 0.1) is 0 Å². The molecule has 0 unspecified atom stereocenters. The van der Waals surface area contributed by atoms with Gasteiger partial charge in [0.25, 0.3) is 11.8 Å². The van der Waals surface area contributed by atoms with Crippen LogP contribution in [0.1, 0.15) is 27.1 Å². The van der Waals surface area contributed by atoms with E-state index in [0.717, 1.165) is 0 Å². The Hall–Kier alpha value is -4.79. The maximum Gasteiger partial charge on any atom is 0.255 e. The Kier molecular flexibility index (Phi) is 7.04. The van der Waals surface area contributed by atoms with E-state index in [9.17, 15) is 14.4 Å². The molecule has 0 bridgehead atoms. The van der Waals surface area contributed by atoms with E-state index in [4.69, 9.17) is 0 Å². The summed E-state index contributed by atoms with van der Waals surface area (Å²) in [6.45, 7) is 0.514. The highest BCUT2D eigenvalue weighted by molar-refractivity contribution is 6.07. The molecule has 0 aliphatic heterocycles. The molecule has 9 nitrogen and oxygen atoms in total. The van der Waals surface area contributed by atoms with E-state index >= 15 is 0 Å². The lowest BCUT2D eigenvalue weighted by Gasteiger charge is -2.10. The number of carbonyl (C=O) groups excluding carboxylic acids is 3. The molecule has 0 atom stereocenters. The summed E-state index contributed by atoms with van der Waals surface area (Å²) in [5.41, 5.74) is 2.46. The van der Waals surface area contributed by atoms with E-state index in [1.54, 1.807) is 91.8 Å². The number of imidazole rings is 1. The third kappa shape index (κ3) is 6.13. The van der Waals surface area contributed by atoms with Gasteiger partial charge in [-0.25, -0.2) is 4.98 Å². The van der Waals surface area contributed by atoms with Crippen LogP contribution in [-0.2, 0) is 11.3 Å². The molecule has 3 amide bonds. The Morgan fingerprint density at radius 2 is 1.35 bits per heavy atom. The average molecular weight is 454 g/mol. The van der Waals surface area contributed by atoms with Gasteiger partial charge in [0.15, 0.2) is 0 Å². The highest BCUT2D eigenvalue weighted by Crippen LogP contribution is 2.18. The Labute approximate surface area is 195 Å². The molecule has 3 N–H and O–H groups in total. The SMILES string of the molecule is O=C(CCn1ccnc1)Nc1cccc(C(=O)Nc2cccc(NC(=O)c3ccncc3)c2)c1. The van der Waals surface area contributed by atoms with Crippen molar-refractivity contribution in [2.45, 2.75) is 13.0 Å². The number of amides is 3. The summed E-state index contributed by atoms with van der Waals surface area (Å²) in [4.78, 5) is 45.2. The monoisotopic (exact) mass is 454 g/mol. The summed E-state index contributed by atoms with van der Waals surface area (Å²) in [7, 11) is 0. The molecule has 2 aromatic carbocycles. The van der Waals surface area contributed by atoms with Crippen LogP contribution >= 0.6 is 0 Å². The molecule has 0 spiro atoms. The highest BCUT2D eigenvalue weighted by Gasteiger charge is 2.10. The average Bonchev–Trinajstić information content (AvgIpc) is 3.37. The van der Waals surface area contributed by atoms with Gasteiger partial charge in [0.1, 0.15) is 0 Å². The molecule has 4 aromatic rings. The Bertz CT molecular complexity index is 1290. The summed E-state index contributed by atoms with van der Waals surface area (Å²) in [5.74, 6) is -0.779. The quantitative estimate of drug-likeness (QED) is 0.374. The minimum atomic E-state index is -0.341. The van der Waals surface area contributed by atoms with Gasteiger partial charge < -0.3 is 20.5 Å². The summed E-state index contributed by atoms with van der Waals surface area (Å²) >= 11 is 0. The number of pyridine rings is 1. The maximum atomic E-state index is 12.8. The van der Waals surface area contributed by atoms with Crippen LogP contribution in [0.2, 0.25) is 0 Å². The summed E-state index contributed by atoms with van der Waals surface area (Å²) < 4.78 is 1.82. The second-order valence-electron chi connectivity index (χ2n) is 7.40. The summed E-state index contributed by atoms with van der Waals surface area (Å²) in [5, 5.41) is 8.41. The van der Waals surface area contributed by atoms with Gasteiger partial charge in [-0.3, -0.25) is 19.4 Å². The van der Waals surface area contributed by atoms with Crippen LogP contribution in [0.25, 0.3) is 0 Å². The molecular formula is C25H22N6O3. The van der Waals surface area contributed by atoms with E-state index in [1.165, 1.54) is 0 Å². The standard InChI is InChI=1S/C25H22N6O3/c32-23(9-13-31-14-12-27-17-31)28-20-4-1-3-19(15-20)25(34)30-22-6-2-5-21(16-22)29-24(33)18-7-10-26-11-8-18/h1-8,10-12,14-17H,9,13H2,(H,28,32)(H,29,33)(H,30,34). The topological polar surface area (TPSA) is 118 Å². The van der Waals surface area contributed by atoms with Crippen LogP contribution < -0.4 is 16.0 Å². The van der Waals surface area contributed by atoms with Gasteiger partial charge in [0.2, 0.25) is 5.91 Å². The molecular weight excluding hydrogens is 432 g/mol. The fourth-order valence-corrected chi connectivity index (χ4v) is 3.20. The molecule has 34 heavy (non-hydrogen) atoms. The highest BCUT2D eigenvalue weighted by atomic mass is 16.2. The van der Waals surface area contributed by atoms with Crippen molar-refractivity contribution in [2.24, 2.45) is 0 Å². The van der Waals surface area contributed by atoms with E-state index in [2.05, 4.69) is 25.9 Å². The van der Waals surface area contributed by atoms with Gasteiger partial charge in [-0.15, -0.1) is 0 Å². The fraction of sp³-hybridized carbons (Fsp3) is 0.0800. The predicted octanol–water partition coefficient (Wildman–Crippen LogP) is 3.81. The normalized spacial score (nSPS) is 10.4. The first-order valence-corrected chi connectivity index (χ1v) is 10.6. The predicted molar refractivity (Wildman–Crippen MR) is 129 cm³/mol. The van der Waals surface area contributed by atoms with Gasteiger partial charge >= 0.3 is 0 Å². The molecule has 0 fully saturated rings. The number of rotatable bonds is 8. The zero-order valence-corrected chi connectivity index (χ0v) is 18.1. The summed E-state index contributed by atoms with van der Waals surface area (Å²) in [6.07, 6.45) is 8.47. The van der Waals surface area contributed by atoms with Crippen LogP contribution in [0.5, 0.6) is 0 Å². The van der Waals surface area contributed by atoms with E-state index in [1.807, 2.05) is 4.57 Å². The van der Waals surface area contributed by atoms with Gasteiger partial charge in [-0.1, -0.05) is 12.1 Å². The van der Waals surface area contributed by atoms with Crippen LogP contribution in [-0.4, -0.2) is 32.3 Å². The molecule has 0 saturated carbocycles. The van der Waals surface area contributed by atoms with E-state index in [0.29, 0.717) is 34.7 Å². The number of carbonyl (C=O) groups is 3. The summed E-state index contributed by atoms with van der Waals surface area (Å²) in [6, 6.07) is 16.8.